The first kappa shape index (κ1) is 8.49. The van der Waals surface area contributed by atoms with Crippen LogP contribution in [-0.4, -0.2) is 5.78 Å². The molecule has 0 aliphatic heterocycles. The summed E-state index contributed by atoms with van der Waals surface area (Å²) in [5.74, 6) is 0.318. The van der Waals surface area contributed by atoms with Crippen LogP contribution in [0.2, 0.25) is 0 Å². The van der Waals surface area contributed by atoms with Gasteiger partial charge in [0.05, 0.1) is 0 Å². The highest BCUT2D eigenvalue weighted by Crippen LogP contribution is 2.33. The van der Waals surface area contributed by atoms with Crippen molar-refractivity contribution < 1.29 is 4.79 Å². The molecule has 0 unspecified atom stereocenters. The lowest BCUT2D eigenvalue weighted by molar-refractivity contribution is 0.0966. The number of rotatable bonds is 0. The van der Waals surface area contributed by atoms with Crippen molar-refractivity contribution in [3.63, 3.8) is 0 Å². The highest BCUT2D eigenvalue weighted by Gasteiger charge is 2.29. The highest BCUT2D eigenvalue weighted by molar-refractivity contribution is 6.08. The van der Waals surface area contributed by atoms with Crippen LogP contribution >= 0.6 is 0 Å². The molecule has 68 valence electrons. The summed E-state index contributed by atoms with van der Waals surface area (Å²) in [5, 5.41) is 0. The molecule has 13 heavy (non-hydrogen) atoms. The van der Waals surface area contributed by atoms with E-state index in [1.807, 2.05) is 0 Å². The maximum absolute atomic E-state index is 11.4. The minimum atomic E-state index is 0.318. The summed E-state index contributed by atoms with van der Waals surface area (Å²) in [7, 11) is 0. The summed E-state index contributed by atoms with van der Waals surface area (Å²) < 4.78 is 0. The maximum Gasteiger partial charge on any atom is 0.167 e. The lowest BCUT2D eigenvalue weighted by Crippen LogP contribution is -2.23. The van der Waals surface area contributed by atoms with Gasteiger partial charge in [-0.2, -0.15) is 0 Å². The predicted molar refractivity (Wildman–Crippen MR) is 53.4 cm³/mol. The average Bonchev–Trinajstić information content (AvgIpc) is 2.08. The predicted octanol–water partition coefficient (Wildman–Crippen LogP) is 2.66. The van der Waals surface area contributed by atoms with Gasteiger partial charge in [-0.3, -0.25) is 4.79 Å². The molecule has 0 saturated heterocycles. The Kier molecular flexibility index (Phi) is 1.59. The first-order valence-electron chi connectivity index (χ1n) is 4.66. The Hall–Kier alpha value is -1.11. The Balaban J connectivity index is 2.82. The van der Waals surface area contributed by atoms with Crippen LogP contribution in [0.3, 0.4) is 0 Å². The first-order valence-corrected chi connectivity index (χ1v) is 4.66. The van der Waals surface area contributed by atoms with E-state index in [2.05, 4.69) is 27.7 Å². The van der Waals surface area contributed by atoms with Gasteiger partial charge < -0.3 is 0 Å². The lowest BCUT2D eigenvalue weighted by atomic mass is 9.77. The Labute approximate surface area is 78.8 Å². The van der Waals surface area contributed by atoms with Crippen molar-refractivity contribution >= 4 is 5.78 Å². The van der Waals surface area contributed by atoms with E-state index in [0.29, 0.717) is 12.2 Å². The van der Waals surface area contributed by atoms with Gasteiger partial charge in [-0.15, -0.1) is 0 Å². The van der Waals surface area contributed by atoms with Gasteiger partial charge in [0.1, 0.15) is 0 Å². The summed E-state index contributed by atoms with van der Waals surface area (Å²) in [5.41, 5.74) is 7.42. The zero-order valence-corrected chi connectivity index (χ0v) is 8.62. The Morgan fingerprint density at radius 3 is 1.92 bits per heavy atom. The molecule has 0 bridgehead atoms. The molecule has 0 radical (unpaired) electrons. The second-order valence-corrected chi connectivity index (χ2v) is 3.95. The summed E-state index contributed by atoms with van der Waals surface area (Å²) in [6.45, 7) is 8.41. The lowest BCUT2D eigenvalue weighted by Gasteiger charge is -2.26. The summed E-state index contributed by atoms with van der Waals surface area (Å²) in [4.78, 5) is 11.4. The van der Waals surface area contributed by atoms with Crippen molar-refractivity contribution in [1.82, 2.24) is 0 Å². The zero-order valence-electron chi connectivity index (χ0n) is 8.62. The fraction of sp³-hybridized carbons (Fsp3) is 0.417. The number of carbonyl (C=O) groups excluding carboxylic acids is 1. The average molecular weight is 174 g/mol. The standard InChI is InChI=1S/C12H14O/c1-6-7(2)9(4)12-10(8(6)3)5-11(12)13/h5H2,1-4H3. The van der Waals surface area contributed by atoms with Gasteiger partial charge in [-0.1, -0.05) is 0 Å². The molecule has 1 aromatic carbocycles. The molecular weight excluding hydrogens is 160 g/mol. The Bertz CT molecular complexity index is 391. The van der Waals surface area contributed by atoms with Gasteiger partial charge in [0, 0.05) is 12.0 Å². The van der Waals surface area contributed by atoms with Crippen molar-refractivity contribution in [3.8, 4) is 0 Å². The topological polar surface area (TPSA) is 17.1 Å². The summed E-state index contributed by atoms with van der Waals surface area (Å²) in [6.07, 6.45) is 0.656. The van der Waals surface area contributed by atoms with Crippen LogP contribution in [0, 0.1) is 27.7 Å². The number of benzene rings is 1. The van der Waals surface area contributed by atoms with Crippen LogP contribution in [-0.2, 0) is 6.42 Å². The molecule has 1 nitrogen and oxygen atoms in total. The van der Waals surface area contributed by atoms with Crippen LogP contribution in [0.15, 0.2) is 0 Å². The first-order chi connectivity index (χ1) is 6.04. The Morgan fingerprint density at radius 1 is 0.846 bits per heavy atom. The van der Waals surface area contributed by atoms with Crippen molar-refractivity contribution in [2.75, 3.05) is 0 Å². The van der Waals surface area contributed by atoms with Crippen molar-refractivity contribution in [2.24, 2.45) is 0 Å². The van der Waals surface area contributed by atoms with Crippen molar-refractivity contribution in [3.05, 3.63) is 33.4 Å². The molecule has 0 heterocycles. The van der Waals surface area contributed by atoms with E-state index in [1.165, 1.54) is 27.8 Å². The van der Waals surface area contributed by atoms with E-state index in [1.54, 1.807) is 0 Å². The largest absolute Gasteiger partial charge is 0.294 e. The quantitative estimate of drug-likeness (QED) is 0.591. The van der Waals surface area contributed by atoms with E-state index < -0.39 is 0 Å². The monoisotopic (exact) mass is 174 g/mol. The molecule has 1 heteroatoms. The molecule has 0 aromatic heterocycles. The number of hydrogen-bond donors (Lipinski definition) is 0. The molecule has 1 aliphatic carbocycles. The van der Waals surface area contributed by atoms with E-state index in [0.717, 1.165) is 5.56 Å². The van der Waals surface area contributed by atoms with Crippen LogP contribution in [0.1, 0.15) is 38.2 Å². The third-order valence-corrected chi connectivity index (χ3v) is 3.43. The van der Waals surface area contributed by atoms with E-state index in [-0.39, 0.29) is 0 Å². The summed E-state index contributed by atoms with van der Waals surface area (Å²) in [6, 6.07) is 0. The molecule has 2 rings (SSSR count). The van der Waals surface area contributed by atoms with Gasteiger partial charge in [-0.25, -0.2) is 0 Å². The molecule has 0 atom stereocenters. The highest BCUT2D eigenvalue weighted by atomic mass is 16.1. The second kappa shape index (κ2) is 2.44. The van der Waals surface area contributed by atoms with Crippen molar-refractivity contribution in [1.29, 1.82) is 0 Å². The van der Waals surface area contributed by atoms with Crippen LogP contribution in [0.5, 0.6) is 0 Å². The van der Waals surface area contributed by atoms with Crippen molar-refractivity contribution in [2.45, 2.75) is 34.1 Å². The Morgan fingerprint density at radius 2 is 1.38 bits per heavy atom. The fourth-order valence-corrected chi connectivity index (χ4v) is 2.13. The van der Waals surface area contributed by atoms with Crippen LogP contribution < -0.4 is 0 Å². The van der Waals surface area contributed by atoms with Gasteiger partial charge in [0.2, 0.25) is 0 Å². The minimum absolute atomic E-state index is 0.318. The number of ketones is 1. The SMILES string of the molecule is Cc1c(C)c(C)c2c(c1C)CC2=O. The molecule has 1 aliphatic rings. The fourth-order valence-electron chi connectivity index (χ4n) is 2.13. The molecular formula is C12H14O. The molecule has 0 fully saturated rings. The summed E-state index contributed by atoms with van der Waals surface area (Å²) >= 11 is 0. The van der Waals surface area contributed by atoms with E-state index in [9.17, 15) is 4.79 Å². The third kappa shape index (κ3) is 0.902. The van der Waals surface area contributed by atoms with Gasteiger partial charge in [0.25, 0.3) is 0 Å². The van der Waals surface area contributed by atoms with Gasteiger partial charge >= 0.3 is 0 Å². The normalized spacial score (nSPS) is 14.0. The molecule has 0 saturated carbocycles. The van der Waals surface area contributed by atoms with Gasteiger partial charge in [-0.05, 0) is 55.5 Å². The van der Waals surface area contributed by atoms with Crippen LogP contribution in [0.25, 0.3) is 0 Å². The number of fused-ring (bicyclic) bond motifs is 1. The third-order valence-electron chi connectivity index (χ3n) is 3.43. The molecule has 0 spiro atoms. The smallest absolute Gasteiger partial charge is 0.167 e. The zero-order chi connectivity index (χ0) is 9.75. The second-order valence-electron chi connectivity index (χ2n) is 3.95. The number of hydrogen-bond acceptors (Lipinski definition) is 1. The van der Waals surface area contributed by atoms with E-state index >= 15 is 0 Å². The van der Waals surface area contributed by atoms with Gasteiger partial charge in [0.15, 0.2) is 5.78 Å². The van der Waals surface area contributed by atoms with E-state index in [4.69, 9.17) is 0 Å². The maximum atomic E-state index is 11.4. The molecule has 1 aromatic rings. The number of Topliss-reactive ketones (excluding diaryl/α,β-unsaturated/α-hetero) is 1. The molecule has 0 N–H and O–H groups in total. The molecule has 0 amide bonds. The van der Waals surface area contributed by atoms with Crippen LogP contribution in [0.4, 0.5) is 0 Å². The minimum Gasteiger partial charge on any atom is -0.294 e. The number of carbonyl (C=O) groups is 1.